The molecule has 1 amide bonds. The van der Waals surface area contributed by atoms with Crippen LogP contribution in [0, 0.1) is 0 Å². The molecule has 1 aromatic carbocycles. The van der Waals surface area contributed by atoms with Gasteiger partial charge in [0, 0.05) is 13.1 Å². The molecule has 0 spiro atoms. The lowest BCUT2D eigenvalue weighted by molar-refractivity contribution is -0.119. The normalized spacial score (nSPS) is 10.9. The lowest BCUT2D eigenvalue weighted by atomic mass is 10.2. The van der Waals surface area contributed by atoms with E-state index in [4.69, 9.17) is 10.5 Å². The van der Waals surface area contributed by atoms with Crippen molar-refractivity contribution in [2.45, 2.75) is 13.5 Å². The Morgan fingerprint density at radius 3 is 2.57 bits per heavy atom. The monoisotopic (exact) mass is 290 g/mol. The van der Waals surface area contributed by atoms with Crippen LogP contribution in [0.3, 0.4) is 0 Å². The van der Waals surface area contributed by atoms with E-state index in [9.17, 15) is 4.79 Å². The maximum absolute atomic E-state index is 11.6. The topological polar surface area (TPSA) is 88.7 Å². The highest BCUT2D eigenvalue weighted by Crippen LogP contribution is 2.10. The second-order valence-corrected chi connectivity index (χ2v) is 4.64. The third-order valence-corrected chi connectivity index (χ3v) is 2.61. The van der Waals surface area contributed by atoms with Gasteiger partial charge in [-0.2, -0.15) is 0 Å². The number of methoxy groups -OCH3 is 1. The summed E-state index contributed by atoms with van der Waals surface area (Å²) in [6.07, 6.45) is 0. The lowest BCUT2D eigenvalue weighted by Gasteiger charge is -2.06. The van der Waals surface area contributed by atoms with Crippen LogP contribution in [-0.4, -0.2) is 32.1 Å². The molecule has 4 N–H and O–H groups in total. The Balaban J connectivity index is 2.33. The van der Waals surface area contributed by atoms with Crippen LogP contribution in [0.4, 0.5) is 0 Å². The number of nitrogens with two attached hydrogens (primary N) is 1. The molecule has 0 saturated carbocycles. The van der Waals surface area contributed by atoms with Crippen LogP contribution in [0.15, 0.2) is 41.4 Å². The predicted molar refractivity (Wildman–Crippen MR) is 84.1 cm³/mol. The zero-order valence-electron chi connectivity index (χ0n) is 12.5. The van der Waals surface area contributed by atoms with Gasteiger partial charge in [0.05, 0.1) is 7.11 Å². The highest BCUT2D eigenvalue weighted by molar-refractivity contribution is 5.84. The van der Waals surface area contributed by atoms with E-state index in [1.807, 2.05) is 31.2 Å². The van der Waals surface area contributed by atoms with Crippen molar-refractivity contribution in [1.29, 1.82) is 0 Å². The van der Waals surface area contributed by atoms with E-state index >= 15 is 0 Å². The zero-order valence-corrected chi connectivity index (χ0v) is 12.5. The molecule has 0 radical (unpaired) electrons. The van der Waals surface area contributed by atoms with E-state index in [0.717, 1.165) is 16.9 Å². The van der Waals surface area contributed by atoms with Crippen molar-refractivity contribution >= 4 is 11.9 Å². The predicted octanol–water partition coefficient (Wildman–Crippen LogP) is 0.792. The van der Waals surface area contributed by atoms with Crippen LogP contribution < -0.4 is 21.1 Å². The Bertz CT molecular complexity index is 509. The van der Waals surface area contributed by atoms with Gasteiger partial charge in [-0.15, -0.1) is 0 Å². The van der Waals surface area contributed by atoms with Gasteiger partial charge in [-0.3, -0.25) is 4.79 Å². The average molecular weight is 290 g/mol. The van der Waals surface area contributed by atoms with Gasteiger partial charge >= 0.3 is 0 Å². The highest BCUT2D eigenvalue weighted by Gasteiger charge is 2.01. The summed E-state index contributed by atoms with van der Waals surface area (Å²) in [4.78, 5) is 15.6. The number of carbonyl (C=O) groups excluding carboxylic acids is 1. The number of carbonyl (C=O) groups is 1. The maximum Gasteiger partial charge on any atom is 0.242 e. The van der Waals surface area contributed by atoms with Gasteiger partial charge in [-0.1, -0.05) is 24.3 Å². The summed E-state index contributed by atoms with van der Waals surface area (Å²) < 4.78 is 5.07. The van der Waals surface area contributed by atoms with Crippen molar-refractivity contribution in [1.82, 2.24) is 10.6 Å². The molecule has 6 heteroatoms. The summed E-state index contributed by atoms with van der Waals surface area (Å²) in [6, 6.07) is 7.48. The molecule has 0 fully saturated rings. The maximum atomic E-state index is 11.6. The van der Waals surface area contributed by atoms with E-state index in [0.29, 0.717) is 13.1 Å². The quantitative estimate of drug-likeness (QED) is 0.393. The number of hydrogen-bond donors (Lipinski definition) is 3. The molecule has 0 aliphatic heterocycles. The van der Waals surface area contributed by atoms with Crippen LogP contribution in [0.1, 0.15) is 12.5 Å². The number of nitrogens with one attached hydrogen (secondary N) is 2. The minimum absolute atomic E-state index is 0.00875. The Kier molecular flexibility index (Phi) is 6.80. The molecule has 0 unspecified atom stereocenters. The van der Waals surface area contributed by atoms with Crippen molar-refractivity contribution in [3.63, 3.8) is 0 Å². The summed E-state index contributed by atoms with van der Waals surface area (Å²) in [5.74, 6) is 0.828. The van der Waals surface area contributed by atoms with E-state index in [-0.39, 0.29) is 18.4 Å². The van der Waals surface area contributed by atoms with Gasteiger partial charge in [0.1, 0.15) is 12.3 Å². The number of amides is 1. The largest absolute Gasteiger partial charge is 0.497 e. The van der Waals surface area contributed by atoms with Crippen molar-refractivity contribution in [2.75, 3.05) is 20.2 Å². The molecule has 0 atom stereocenters. The molecular formula is C15H22N4O2. The van der Waals surface area contributed by atoms with E-state index in [2.05, 4.69) is 22.2 Å². The first-order valence-corrected chi connectivity index (χ1v) is 6.59. The number of nitrogens with zero attached hydrogens (tertiary/aromatic N) is 1. The van der Waals surface area contributed by atoms with Crippen molar-refractivity contribution in [3.8, 4) is 5.75 Å². The zero-order chi connectivity index (χ0) is 15.7. The van der Waals surface area contributed by atoms with Crippen molar-refractivity contribution in [2.24, 2.45) is 10.7 Å². The molecule has 0 heterocycles. The third-order valence-electron chi connectivity index (χ3n) is 2.61. The standard InChI is InChI=1S/C15H22N4O2/c1-11(2)8-18-15(16)19-10-14(20)17-9-12-4-6-13(21-3)7-5-12/h4-7H,1,8-10H2,2-3H3,(H,17,20)(H3,16,18,19). The van der Waals surface area contributed by atoms with Gasteiger partial charge in [0.15, 0.2) is 5.96 Å². The van der Waals surface area contributed by atoms with Crippen LogP contribution in [0.25, 0.3) is 0 Å². The Labute approximate surface area is 125 Å². The van der Waals surface area contributed by atoms with Crippen LogP contribution >= 0.6 is 0 Å². The fraction of sp³-hybridized carbons (Fsp3) is 0.333. The van der Waals surface area contributed by atoms with E-state index < -0.39 is 0 Å². The van der Waals surface area contributed by atoms with Crippen LogP contribution in [-0.2, 0) is 11.3 Å². The van der Waals surface area contributed by atoms with Gasteiger partial charge in [0.2, 0.25) is 5.91 Å². The molecule has 0 aliphatic rings. The number of guanidine groups is 1. The average Bonchev–Trinajstić information content (AvgIpc) is 2.49. The number of benzene rings is 1. The highest BCUT2D eigenvalue weighted by atomic mass is 16.5. The minimum Gasteiger partial charge on any atom is -0.497 e. The first-order chi connectivity index (χ1) is 10.0. The first-order valence-electron chi connectivity index (χ1n) is 6.59. The molecule has 6 nitrogen and oxygen atoms in total. The first kappa shape index (κ1) is 16.6. The Morgan fingerprint density at radius 2 is 2.00 bits per heavy atom. The van der Waals surface area contributed by atoms with Crippen LogP contribution in [0.2, 0.25) is 0 Å². The number of aliphatic imine (C=N–C) groups is 1. The summed E-state index contributed by atoms with van der Waals surface area (Å²) >= 11 is 0. The fourth-order valence-electron chi connectivity index (χ4n) is 1.45. The molecule has 1 rings (SSSR count). The van der Waals surface area contributed by atoms with Crippen LogP contribution in [0.5, 0.6) is 5.75 Å². The molecule has 0 bridgehead atoms. The van der Waals surface area contributed by atoms with Gasteiger partial charge < -0.3 is 21.1 Å². The number of rotatable bonds is 7. The fourth-order valence-corrected chi connectivity index (χ4v) is 1.45. The summed E-state index contributed by atoms with van der Waals surface area (Å²) in [5, 5.41) is 5.63. The molecule has 0 aromatic heterocycles. The second kappa shape index (κ2) is 8.63. The third kappa shape index (κ3) is 7.00. The number of ether oxygens (including phenoxy) is 1. The summed E-state index contributed by atoms with van der Waals surface area (Å²) in [6.45, 7) is 6.59. The number of hydrogen-bond acceptors (Lipinski definition) is 3. The second-order valence-electron chi connectivity index (χ2n) is 4.64. The van der Waals surface area contributed by atoms with E-state index in [1.165, 1.54) is 0 Å². The van der Waals surface area contributed by atoms with Crippen molar-refractivity contribution in [3.05, 3.63) is 42.0 Å². The molecular weight excluding hydrogens is 268 g/mol. The molecule has 0 saturated heterocycles. The summed E-state index contributed by atoms with van der Waals surface area (Å²) in [5.41, 5.74) is 7.54. The van der Waals surface area contributed by atoms with Gasteiger partial charge in [-0.25, -0.2) is 4.99 Å². The smallest absolute Gasteiger partial charge is 0.242 e. The Morgan fingerprint density at radius 1 is 1.33 bits per heavy atom. The summed E-state index contributed by atoms with van der Waals surface area (Å²) in [7, 11) is 1.61. The molecule has 0 aliphatic carbocycles. The SMILES string of the molecule is C=C(C)CNC(N)=NCC(=O)NCc1ccc(OC)cc1. The lowest BCUT2D eigenvalue weighted by Crippen LogP contribution is -2.34. The van der Waals surface area contributed by atoms with E-state index in [1.54, 1.807) is 7.11 Å². The molecule has 21 heavy (non-hydrogen) atoms. The Hall–Kier alpha value is -2.50. The van der Waals surface area contributed by atoms with Gasteiger partial charge in [-0.05, 0) is 24.6 Å². The molecule has 1 aromatic rings. The van der Waals surface area contributed by atoms with Crippen molar-refractivity contribution < 1.29 is 9.53 Å². The molecule has 114 valence electrons. The minimum atomic E-state index is -0.189. The van der Waals surface area contributed by atoms with Gasteiger partial charge in [0.25, 0.3) is 0 Å².